The number of hydrogen-bond acceptors (Lipinski definition) is 6. The highest BCUT2D eigenvalue weighted by atomic mass is 32.2. The summed E-state index contributed by atoms with van der Waals surface area (Å²) in [5.41, 5.74) is 3.01. The summed E-state index contributed by atoms with van der Waals surface area (Å²) in [5, 5.41) is 19.6. The number of aryl methyl sites for hydroxylation is 1. The van der Waals surface area contributed by atoms with Crippen molar-refractivity contribution in [3.63, 3.8) is 0 Å². The Kier molecular flexibility index (Phi) is 5.34. The topological polar surface area (TPSA) is 91.8 Å². The van der Waals surface area contributed by atoms with E-state index in [4.69, 9.17) is 9.68 Å². The Hall–Kier alpha value is -3.11. The Morgan fingerprint density at radius 1 is 1.23 bits per heavy atom. The summed E-state index contributed by atoms with van der Waals surface area (Å²) < 4.78 is 5.65. The van der Waals surface area contributed by atoms with E-state index in [2.05, 4.69) is 15.5 Å². The fraction of sp³-hybridized carbons (Fsp3) is 0.158. The lowest BCUT2D eigenvalue weighted by molar-refractivity contribution is -0.115. The number of nitriles is 1. The molecular weight excluding hydrogens is 348 g/mol. The second-order valence-corrected chi connectivity index (χ2v) is 6.98. The summed E-state index contributed by atoms with van der Waals surface area (Å²) in [7, 11) is 0. The molecule has 0 fully saturated rings. The predicted molar refractivity (Wildman–Crippen MR) is 99.6 cm³/mol. The van der Waals surface area contributed by atoms with Crippen molar-refractivity contribution in [1.29, 1.82) is 5.26 Å². The zero-order valence-corrected chi connectivity index (χ0v) is 15.1. The molecule has 0 radical (unpaired) electrons. The van der Waals surface area contributed by atoms with Crippen molar-refractivity contribution in [2.45, 2.75) is 24.3 Å². The van der Waals surface area contributed by atoms with Crippen molar-refractivity contribution in [2.24, 2.45) is 0 Å². The van der Waals surface area contributed by atoms with E-state index in [1.807, 2.05) is 37.3 Å². The summed E-state index contributed by atoms with van der Waals surface area (Å²) in [6, 6.07) is 16.6. The molecule has 0 saturated carbocycles. The number of thioether (sulfide) groups is 1. The van der Waals surface area contributed by atoms with E-state index in [-0.39, 0.29) is 5.91 Å². The highest BCUT2D eigenvalue weighted by Crippen LogP contribution is 2.27. The van der Waals surface area contributed by atoms with Gasteiger partial charge in [0.2, 0.25) is 11.8 Å². The summed E-state index contributed by atoms with van der Waals surface area (Å²) in [6.45, 7) is 3.74. The minimum absolute atomic E-state index is 0.208. The van der Waals surface area contributed by atoms with Gasteiger partial charge in [-0.3, -0.25) is 4.79 Å². The van der Waals surface area contributed by atoms with Crippen LogP contribution in [0.4, 0.5) is 5.69 Å². The van der Waals surface area contributed by atoms with E-state index in [1.54, 1.807) is 31.2 Å². The molecule has 7 heteroatoms. The molecule has 1 amide bonds. The molecule has 2 aromatic carbocycles. The van der Waals surface area contributed by atoms with Gasteiger partial charge >= 0.3 is 0 Å². The molecule has 1 atom stereocenters. The molecule has 1 heterocycles. The number of carbonyl (C=O) groups excluding carboxylic acids is 1. The average Bonchev–Trinajstić information content (AvgIpc) is 3.10. The second-order valence-electron chi connectivity index (χ2n) is 5.68. The summed E-state index contributed by atoms with van der Waals surface area (Å²) in [4.78, 5) is 12.3. The van der Waals surface area contributed by atoms with Gasteiger partial charge in [0, 0.05) is 11.3 Å². The smallest absolute Gasteiger partial charge is 0.277 e. The normalized spacial score (nSPS) is 11.6. The molecule has 3 rings (SSSR count). The van der Waals surface area contributed by atoms with Gasteiger partial charge in [0.15, 0.2) is 0 Å². The standard InChI is InChI=1S/C19H16N4O2S/c1-12-5-3-7-15(9-12)18-22-23-19(25-18)26-13(2)17(24)21-16-8-4-6-14(10-16)11-20/h3-10,13H,1-2H3,(H,21,24)/t13-/m1/s1. The number of nitrogens with one attached hydrogen (secondary N) is 1. The zero-order chi connectivity index (χ0) is 18.5. The number of nitrogens with zero attached hydrogens (tertiary/aromatic N) is 3. The third-order valence-corrected chi connectivity index (χ3v) is 4.51. The molecule has 3 aromatic rings. The van der Waals surface area contributed by atoms with E-state index in [1.165, 1.54) is 11.8 Å². The fourth-order valence-electron chi connectivity index (χ4n) is 2.27. The van der Waals surface area contributed by atoms with Gasteiger partial charge in [-0.05, 0) is 44.2 Å². The van der Waals surface area contributed by atoms with Crippen LogP contribution in [-0.2, 0) is 4.79 Å². The zero-order valence-electron chi connectivity index (χ0n) is 14.3. The number of carbonyl (C=O) groups is 1. The molecule has 26 heavy (non-hydrogen) atoms. The summed E-state index contributed by atoms with van der Waals surface area (Å²) in [5.74, 6) is 0.214. The lowest BCUT2D eigenvalue weighted by Gasteiger charge is -2.09. The second kappa shape index (κ2) is 7.85. The van der Waals surface area contributed by atoms with Crippen LogP contribution in [0.3, 0.4) is 0 Å². The number of anilines is 1. The lowest BCUT2D eigenvalue weighted by atomic mass is 10.1. The molecule has 1 N–H and O–H groups in total. The maximum atomic E-state index is 12.3. The van der Waals surface area contributed by atoms with E-state index in [0.29, 0.717) is 22.4 Å². The highest BCUT2D eigenvalue weighted by Gasteiger charge is 2.19. The molecule has 0 bridgehead atoms. The van der Waals surface area contributed by atoms with Crippen LogP contribution in [-0.4, -0.2) is 21.4 Å². The Balaban J connectivity index is 1.65. The molecule has 6 nitrogen and oxygen atoms in total. The van der Waals surface area contributed by atoms with E-state index < -0.39 is 5.25 Å². The van der Waals surface area contributed by atoms with Crippen LogP contribution in [0.15, 0.2) is 58.2 Å². The number of aromatic nitrogens is 2. The van der Waals surface area contributed by atoms with Gasteiger partial charge in [0.05, 0.1) is 16.9 Å². The molecule has 0 saturated heterocycles. The van der Waals surface area contributed by atoms with Crippen molar-refractivity contribution in [1.82, 2.24) is 10.2 Å². The monoisotopic (exact) mass is 364 g/mol. The lowest BCUT2D eigenvalue weighted by Crippen LogP contribution is -2.22. The Morgan fingerprint density at radius 3 is 2.81 bits per heavy atom. The molecule has 0 aliphatic carbocycles. The van der Waals surface area contributed by atoms with Crippen molar-refractivity contribution in [2.75, 3.05) is 5.32 Å². The first-order valence-electron chi connectivity index (χ1n) is 7.93. The quantitative estimate of drug-likeness (QED) is 0.687. The Bertz CT molecular complexity index is 977. The van der Waals surface area contributed by atoms with Crippen LogP contribution < -0.4 is 5.32 Å². The number of rotatable bonds is 5. The minimum Gasteiger partial charge on any atom is -0.411 e. The van der Waals surface area contributed by atoms with E-state index in [0.717, 1.165) is 11.1 Å². The fourth-order valence-corrected chi connectivity index (χ4v) is 2.95. The number of benzene rings is 2. The van der Waals surface area contributed by atoms with Crippen molar-refractivity contribution in [3.05, 3.63) is 59.7 Å². The van der Waals surface area contributed by atoms with E-state index >= 15 is 0 Å². The maximum absolute atomic E-state index is 12.3. The minimum atomic E-state index is -0.438. The van der Waals surface area contributed by atoms with E-state index in [9.17, 15) is 4.79 Å². The molecular formula is C19H16N4O2S. The van der Waals surface area contributed by atoms with Crippen LogP contribution >= 0.6 is 11.8 Å². The third kappa shape index (κ3) is 4.29. The predicted octanol–water partition coefficient (Wildman–Crippen LogP) is 4.04. The third-order valence-electron chi connectivity index (χ3n) is 3.58. The molecule has 130 valence electrons. The van der Waals surface area contributed by atoms with Gasteiger partial charge in [0.25, 0.3) is 5.22 Å². The van der Waals surface area contributed by atoms with Crippen LogP contribution in [0.2, 0.25) is 0 Å². The van der Waals surface area contributed by atoms with Gasteiger partial charge in [-0.15, -0.1) is 10.2 Å². The van der Waals surface area contributed by atoms with Crippen LogP contribution in [0.1, 0.15) is 18.1 Å². The van der Waals surface area contributed by atoms with Crippen LogP contribution in [0, 0.1) is 18.3 Å². The molecule has 1 aromatic heterocycles. The largest absolute Gasteiger partial charge is 0.411 e. The maximum Gasteiger partial charge on any atom is 0.277 e. The van der Waals surface area contributed by atoms with Crippen LogP contribution in [0.5, 0.6) is 0 Å². The van der Waals surface area contributed by atoms with Gasteiger partial charge in [-0.2, -0.15) is 5.26 Å². The molecule has 0 unspecified atom stereocenters. The average molecular weight is 364 g/mol. The van der Waals surface area contributed by atoms with Gasteiger partial charge in [0.1, 0.15) is 0 Å². The Labute approximate surface area is 155 Å². The molecule has 0 spiro atoms. The first-order valence-corrected chi connectivity index (χ1v) is 8.81. The van der Waals surface area contributed by atoms with Gasteiger partial charge in [-0.1, -0.05) is 35.5 Å². The first kappa shape index (κ1) is 17.7. The Morgan fingerprint density at radius 2 is 2.04 bits per heavy atom. The number of amides is 1. The van der Waals surface area contributed by atoms with Gasteiger partial charge < -0.3 is 9.73 Å². The van der Waals surface area contributed by atoms with Crippen LogP contribution in [0.25, 0.3) is 11.5 Å². The summed E-state index contributed by atoms with van der Waals surface area (Å²) >= 11 is 1.18. The SMILES string of the molecule is Cc1cccc(-c2nnc(S[C@H](C)C(=O)Nc3cccc(C#N)c3)o2)c1. The first-order chi connectivity index (χ1) is 12.5. The summed E-state index contributed by atoms with van der Waals surface area (Å²) in [6.07, 6.45) is 0. The van der Waals surface area contributed by atoms with Crippen molar-refractivity contribution >= 4 is 23.4 Å². The van der Waals surface area contributed by atoms with Gasteiger partial charge in [-0.25, -0.2) is 0 Å². The molecule has 0 aliphatic rings. The molecule has 0 aliphatic heterocycles. The highest BCUT2D eigenvalue weighted by molar-refractivity contribution is 8.00. The number of hydrogen-bond donors (Lipinski definition) is 1. The van der Waals surface area contributed by atoms with Crippen molar-refractivity contribution in [3.8, 4) is 17.5 Å². The van der Waals surface area contributed by atoms with Crippen molar-refractivity contribution < 1.29 is 9.21 Å².